The molecule has 42 heavy (non-hydrogen) atoms. The number of nitrogens with two attached hydrogens (primary N) is 1. The molecule has 3 aromatic rings. The first kappa shape index (κ1) is 28.9. The van der Waals surface area contributed by atoms with E-state index in [-0.39, 0.29) is 16.8 Å². The van der Waals surface area contributed by atoms with E-state index in [0.717, 1.165) is 79.1 Å². The van der Waals surface area contributed by atoms with E-state index in [4.69, 9.17) is 46.3 Å². The van der Waals surface area contributed by atoms with E-state index in [0.29, 0.717) is 32.3 Å². The Labute approximate surface area is 249 Å². The van der Waals surface area contributed by atoms with Gasteiger partial charge in [0.1, 0.15) is 22.8 Å². The van der Waals surface area contributed by atoms with Gasteiger partial charge in [0.15, 0.2) is 5.82 Å². The summed E-state index contributed by atoms with van der Waals surface area (Å²) >= 11 is 6.04. The average molecular weight is 598 g/mol. The number of rotatable bonds is 3. The molecule has 7 heterocycles. The summed E-state index contributed by atoms with van der Waals surface area (Å²) in [6, 6.07) is 0. The fraction of sp³-hybridized carbons (Fsp3) is 0.571. The third kappa shape index (κ3) is 5.71. The molecule has 0 aromatic carbocycles. The molecule has 14 heteroatoms. The van der Waals surface area contributed by atoms with Gasteiger partial charge >= 0.3 is 0 Å². The van der Waals surface area contributed by atoms with Crippen LogP contribution in [0.25, 0.3) is 11.4 Å². The number of hydrogen-bond donors (Lipinski definition) is 1. The molecule has 3 aromatic heterocycles. The summed E-state index contributed by atoms with van der Waals surface area (Å²) < 4.78 is 22.5. The smallest absolute Gasteiger partial charge is 0.224 e. The minimum Gasteiger partial charge on any atom is -0.378 e. The van der Waals surface area contributed by atoms with Crippen LogP contribution in [0.1, 0.15) is 50.2 Å². The highest BCUT2D eigenvalue weighted by molar-refractivity contribution is 6.28. The van der Waals surface area contributed by atoms with Gasteiger partial charge in [-0.1, -0.05) is 0 Å². The molecule has 2 saturated heterocycles. The summed E-state index contributed by atoms with van der Waals surface area (Å²) in [5.74, 6) is 2.64. The van der Waals surface area contributed by atoms with Crippen LogP contribution < -0.4 is 15.5 Å². The van der Waals surface area contributed by atoms with Crippen LogP contribution in [-0.4, -0.2) is 82.5 Å². The van der Waals surface area contributed by atoms with Crippen molar-refractivity contribution in [1.29, 1.82) is 0 Å². The zero-order valence-corrected chi connectivity index (χ0v) is 25.1. The summed E-state index contributed by atoms with van der Waals surface area (Å²) in [6.07, 6.45) is 3.30. The van der Waals surface area contributed by atoms with Crippen molar-refractivity contribution in [1.82, 2.24) is 29.9 Å². The highest BCUT2D eigenvalue weighted by atomic mass is 35.5. The second-order valence-corrected chi connectivity index (χ2v) is 11.8. The predicted molar refractivity (Wildman–Crippen MR) is 156 cm³/mol. The Morgan fingerprint density at radius 3 is 1.71 bits per heavy atom. The van der Waals surface area contributed by atoms with Gasteiger partial charge in [-0.2, -0.15) is 0 Å². The van der Waals surface area contributed by atoms with Gasteiger partial charge in [0, 0.05) is 49.7 Å². The van der Waals surface area contributed by atoms with E-state index >= 15 is 0 Å². The van der Waals surface area contributed by atoms with Crippen molar-refractivity contribution in [3.8, 4) is 11.4 Å². The first-order valence-corrected chi connectivity index (χ1v) is 14.5. The topological polar surface area (TPSA) is 147 Å². The first-order chi connectivity index (χ1) is 20.1. The number of morpholine rings is 2. The highest BCUT2D eigenvalue weighted by Crippen LogP contribution is 2.41. The fourth-order valence-corrected chi connectivity index (χ4v) is 5.64. The van der Waals surface area contributed by atoms with Gasteiger partial charge in [0.25, 0.3) is 0 Å². The van der Waals surface area contributed by atoms with Crippen LogP contribution in [-0.2, 0) is 43.4 Å². The van der Waals surface area contributed by atoms with E-state index in [1.807, 2.05) is 27.7 Å². The molecule has 0 radical (unpaired) electrons. The van der Waals surface area contributed by atoms with Crippen LogP contribution in [0, 0.1) is 0 Å². The molecule has 0 bridgehead atoms. The summed E-state index contributed by atoms with van der Waals surface area (Å²) in [5, 5.41) is 0.286. The van der Waals surface area contributed by atoms with Crippen molar-refractivity contribution in [2.45, 2.75) is 52.1 Å². The number of nitrogen functional groups attached to an aromatic ring is 1. The monoisotopic (exact) mass is 597 g/mol. The number of anilines is 3. The summed E-state index contributed by atoms with van der Waals surface area (Å²) in [7, 11) is 0. The van der Waals surface area contributed by atoms with Crippen molar-refractivity contribution in [2.75, 3.05) is 68.1 Å². The Hall–Kier alpha value is -3.23. The number of aromatic nitrogens is 6. The van der Waals surface area contributed by atoms with E-state index < -0.39 is 5.60 Å². The molecule has 4 aliphatic rings. The Morgan fingerprint density at radius 2 is 1.19 bits per heavy atom. The summed E-state index contributed by atoms with van der Waals surface area (Å²) in [5.41, 5.74) is 9.44. The van der Waals surface area contributed by atoms with Gasteiger partial charge in [0.2, 0.25) is 11.2 Å². The largest absolute Gasteiger partial charge is 0.378 e. The molecule has 2 N–H and O–H groups in total. The maximum absolute atomic E-state index is 6.04. The molecule has 13 nitrogen and oxygen atoms in total. The zero-order valence-electron chi connectivity index (χ0n) is 24.4. The van der Waals surface area contributed by atoms with E-state index in [1.165, 1.54) is 0 Å². The Balaban J connectivity index is 0.000000157. The van der Waals surface area contributed by atoms with E-state index in [2.05, 4.69) is 29.7 Å². The van der Waals surface area contributed by atoms with Crippen LogP contribution in [0.4, 0.5) is 17.6 Å². The normalized spacial score (nSPS) is 20.5. The second kappa shape index (κ2) is 11.5. The minimum atomic E-state index is -0.442. The van der Waals surface area contributed by atoms with Gasteiger partial charge in [-0.05, 0) is 39.3 Å². The molecular formula is C28H36ClN9O4. The quantitative estimate of drug-likeness (QED) is 0.442. The maximum atomic E-state index is 6.04. The average Bonchev–Trinajstić information content (AvgIpc) is 3.48. The molecule has 2 fully saturated rings. The van der Waals surface area contributed by atoms with Crippen molar-refractivity contribution >= 4 is 29.2 Å². The third-order valence-corrected chi connectivity index (χ3v) is 7.96. The molecule has 7 rings (SSSR count). The molecule has 0 amide bonds. The maximum Gasteiger partial charge on any atom is 0.224 e. The van der Waals surface area contributed by atoms with Gasteiger partial charge < -0.3 is 34.5 Å². The Kier molecular flexibility index (Phi) is 7.87. The first-order valence-electron chi connectivity index (χ1n) is 14.1. The lowest BCUT2D eigenvalue weighted by molar-refractivity contribution is -0.0102. The lowest BCUT2D eigenvalue weighted by Gasteiger charge is -2.29. The molecule has 0 atom stereocenters. The van der Waals surface area contributed by atoms with Gasteiger partial charge in [0.05, 0.1) is 56.6 Å². The van der Waals surface area contributed by atoms with Gasteiger partial charge in [-0.15, -0.1) is 0 Å². The number of halogens is 1. The van der Waals surface area contributed by atoms with Crippen LogP contribution in [0.2, 0.25) is 5.28 Å². The summed E-state index contributed by atoms with van der Waals surface area (Å²) in [4.78, 5) is 30.8. The molecule has 4 aliphatic heterocycles. The highest BCUT2D eigenvalue weighted by Gasteiger charge is 2.38. The summed E-state index contributed by atoms with van der Waals surface area (Å²) in [6.45, 7) is 15.3. The minimum absolute atomic E-state index is 0.233. The SMILES string of the molecule is CC1(C)OCc2c(N3CCOCC3)nc(-c3cnc(N)nc3)nc21.CC1(C)OCc2c(N3CCOCC3)nc(Cl)nc21. The van der Waals surface area contributed by atoms with E-state index in [9.17, 15) is 0 Å². The Morgan fingerprint density at radius 1 is 0.714 bits per heavy atom. The molecular weight excluding hydrogens is 562 g/mol. The molecule has 224 valence electrons. The number of hydrogen-bond acceptors (Lipinski definition) is 13. The number of nitrogens with zero attached hydrogens (tertiary/aromatic N) is 8. The lowest BCUT2D eigenvalue weighted by Crippen LogP contribution is -2.37. The van der Waals surface area contributed by atoms with Crippen molar-refractivity contribution in [3.63, 3.8) is 0 Å². The predicted octanol–water partition coefficient (Wildman–Crippen LogP) is 2.85. The lowest BCUT2D eigenvalue weighted by atomic mass is 10.0. The van der Waals surface area contributed by atoms with Crippen molar-refractivity contribution in [2.24, 2.45) is 0 Å². The molecule has 0 unspecified atom stereocenters. The third-order valence-electron chi connectivity index (χ3n) is 7.79. The van der Waals surface area contributed by atoms with E-state index in [1.54, 1.807) is 12.4 Å². The molecule has 0 spiro atoms. The molecule has 0 saturated carbocycles. The standard InChI is InChI=1S/C16H20N6O2.C12H16ClN3O2/c1-16(2)12-11(9-24-16)14(22-3-5-23-6-4-22)21-13(20-12)10-7-18-15(17)19-8-10;1-12(2)9-8(7-18-12)10(15-11(13)14-9)16-3-5-17-6-4-16/h7-8H,3-6,9H2,1-2H3,(H2,17,18,19);3-7H2,1-2H3. The van der Waals surface area contributed by atoms with Crippen LogP contribution in [0.5, 0.6) is 0 Å². The zero-order chi connectivity index (χ0) is 29.5. The van der Waals surface area contributed by atoms with Gasteiger partial charge in [-0.3, -0.25) is 0 Å². The van der Waals surface area contributed by atoms with Crippen LogP contribution in [0.15, 0.2) is 12.4 Å². The molecule has 0 aliphatic carbocycles. The van der Waals surface area contributed by atoms with Crippen molar-refractivity contribution < 1.29 is 18.9 Å². The van der Waals surface area contributed by atoms with Crippen LogP contribution >= 0.6 is 11.6 Å². The fourth-order valence-electron chi connectivity index (χ4n) is 5.48. The second-order valence-electron chi connectivity index (χ2n) is 11.5. The van der Waals surface area contributed by atoms with Gasteiger partial charge in [-0.25, -0.2) is 29.9 Å². The van der Waals surface area contributed by atoms with Crippen molar-refractivity contribution in [3.05, 3.63) is 40.2 Å². The number of ether oxygens (including phenoxy) is 4. The Bertz CT molecular complexity index is 1440. The number of fused-ring (bicyclic) bond motifs is 2. The van der Waals surface area contributed by atoms with Crippen LogP contribution in [0.3, 0.4) is 0 Å².